The zero-order chi connectivity index (χ0) is 16.7. The minimum Gasteiger partial charge on any atom is -0.497 e. The molecule has 2 aromatic rings. The molecule has 0 N–H and O–H groups in total. The van der Waals surface area contributed by atoms with Crippen LogP contribution in [0.1, 0.15) is 23.0 Å². The maximum absolute atomic E-state index is 12.9. The van der Waals surface area contributed by atoms with Crippen LogP contribution in [0.2, 0.25) is 0 Å². The summed E-state index contributed by atoms with van der Waals surface area (Å²) >= 11 is 0. The highest BCUT2D eigenvalue weighted by atomic mass is 16.5. The standard InChI is InChI=1S/C18H24N2O3/c1-11-9-20(10-15(11)19(3)4)18(21)17-12(2)14-8-13(22-5)6-7-16(14)23-17/h6-8,11,15H,9-10H2,1-5H3. The van der Waals surface area contributed by atoms with Crippen LogP contribution in [0.5, 0.6) is 5.75 Å². The quantitative estimate of drug-likeness (QED) is 0.873. The predicted octanol–water partition coefficient (Wildman–Crippen LogP) is 2.77. The van der Waals surface area contributed by atoms with Gasteiger partial charge in [0.05, 0.1) is 7.11 Å². The molecule has 1 aromatic heterocycles. The van der Waals surface area contributed by atoms with Crippen LogP contribution in [0.15, 0.2) is 22.6 Å². The van der Waals surface area contributed by atoms with E-state index in [4.69, 9.17) is 9.15 Å². The van der Waals surface area contributed by atoms with Gasteiger partial charge >= 0.3 is 0 Å². The van der Waals surface area contributed by atoms with Crippen molar-refractivity contribution in [2.24, 2.45) is 5.92 Å². The van der Waals surface area contributed by atoms with Crippen molar-refractivity contribution in [3.8, 4) is 5.75 Å². The minimum atomic E-state index is -0.0196. The SMILES string of the molecule is COc1ccc2oc(C(=O)N3CC(C)C(N(C)C)C3)c(C)c2c1. The Balaban J connectivity index is 1.91. The highest BCUT2D eigenvalue weighted by molar-refractivity contribution is 5.99. The van der Waals surface area contributed by atoms with E-state index >= 15 is 0 Å². The summed E-state index contributed by atoms with van der Waals surface area (Å²) in [5.41, 5.74) is 1.60. The topological polar surface area (TPSA) is 45.9 Å². The Morgan fingerprint density at radius 2 is 2.09 bits per heavy atom. The van der Waals surface area contributed by atoms with E-state index in [1.54, 1.807) is 7.11 Å². The van der Waals surface area contributed by atoms with Gasteiger partial charge in [-0.05, 0) is 45.1 Å². The molecular formula is C18H24N2O3. The Morgan fingerprint density at radius 1 is 1.35 bits per heavy atom. The molecule has 23 heavy (non-hydrogen) atoms. The van der Waals surface area contributed by atoms with Gasteiger partial charge in [0.1, 0.15) is 11.3 Å². The molecule has 0 bridgehead atoms. The smallest absolute Gasteiger partial charge is 0.289 e. The molecule has 1 fully saturated rings. The second-order valence-corrected chi connectivity index (χ2v) is 6.64. The number of carbonyl (C=O) groups excluding carboxylic acids is 1. The molecule has 2 atom stereocenters. The minimum absolute atomic E-state index is 0.0196. The first-order chi connectivity index (χ1) is 10.9. The van der Waals surface area contributed by atoms with Gasteiger partial charge in [-0.2, -0.15) is 0 Å². The Morgan fingerprint density at radius 3 is 2.70 bits per heavy atom. The molecule has 124 valence electrons. The van der Waals surface area contributed by atoms with E-state index in [-0.39, 0.29) is 5.91 Å². The number of likely N-dealkylation sites (N-methyl/N-ethyl adjacent to an activating group) is 1. The van der Waals surface area contributed by atoms with Crippen molar-refractivity contribution < 1.29 is 13.9 Å². The summed E-state index contributed by atoms with van der Waals surface area (Å²) in [5.74, 6) is 1.65. The lowest BCUT2D eigenvalue weighted by molar-refractivity contribution is 0.0751. The normalized spacial score (nSPS) is 21.4. The van der Waals surface area contributed by atoms with Crippen molar-refractivity contribution in [1.29, 1.82) is 0 Å². The molecule has 1 aromatic carbocycles. The molecule has 1 aliphatic rings. The summed E-state index contributed by atoms with van der Waals surface area (Å²) in [6.07, 6.45) is 0. The highest BCUT2D eigenvalue weighted by Crippen LogP contribution is 2.31. The Bertz CT molecular complexity index is 735. The fraction of sp³-hybridized carbons (Fsp3) is 0.500. The van der Waals surface area contributed by atoms with Crippen LogP contribution >= 0.6 is 0 Å². The molecule has 0 aliphatic carbocycles. The molecule has 0 spiro atoms. The van der Waals surface area contributed by atoms with E-state index in [0.29, 0.717) is 17.7 Å². The number of methoxy groups -OCH3 is 1. The molecule has 1 amide bonds. The number of fused-ring (bicyclic) bond motifs is 1. The second kappa shape index (κ2) is 5.89. The first-order valence-corrected chi connectivity index (χ1v) is 7.95. The first kappa shape index (κ1) is 15.9. The third-order valence-electron chi connectivity index (χ3n) is 4.86. The molecule has 5 heteroatoms. The van der Waals surface area contributed by atoms with E-state index in [1.807, 2.05) is 30.0 Å². The summed E-state index contributed by atoms with van der Waals surface area (Å²) in [5, 5.41) is 0.934. The zero-order valence-electron chi connectivity index (χ0n) is 14.4. The van der Waals surface area contributed by atoms with Gasteiger partial charge in [-0.15, -0.1) is 0 Å². The van der Waals surface area contributed by atoms with Crippen molar-refractivity contribution in [3.63, 3.8) is 0 Å². The largest absolute Gasteiger partial charge is 0.497 e. The molecule has 2 heterocycles. The van der Waals surface area contributed by atoms with Crippen LogP contribution in [0, 0.1) is 12.8 Å². The number of nitrogens with zero attached hydrogens (tertiary/aromatic N) is 2. The van der Waals surface area contributed by atoms with Crippen molar-refractivity contribution in [2.45, 2.75) is 19.9 Å². The Labute approximate surface area is 136 Å². The summed E-state index contributed by atoms with van der Waals surface area (Å²) < 4.78 is 11.1. The van der Waals surface area contributed by atoms with E-state index in [2.05, 4.69) is 25.9 Å². The summed E-state index contributed by atoms with van der Waals surface area (Å²) in [4.78, 5) is 17.0. The number of rotatable bonds is 3. The molecule has 1 aliphatic heterocycles. The molecule has 2 unspecified atom stereocenters. The van der Waals surface area contributed by atoms with E-state index in [9.17, 15) is 4.79 Å². The maximum Gasteiger partial charge on any atom is 0.289 e. The Hall–Kier alpha value is -2.01. The number of ether oxygens (including phenoxy) is 1. The lowest BCUT2D eigenvalue weighted by atomic mass is 10.1. The van der Waals surface area contributed by atoms with Crippen LogP contribution in [0.25, 0.3) is 11.0 Å². The fourth-order valence-electron chi connectivity index (χ4n) is 3.46. The number of likely N-dealkylation sites (tertiary alicyclic amines) is 1. The van der Waals surface area contributed by atoms with Gasteiger partial charge in [0.15, 0.2) is 5.76 Å². The van der Waals surface area contributed by atoms with E-state index in [1.165, 1.54) is 0 Å². The monoisotopic (exact) mass is 316 g/mol. The summed E-state index contributed by atoms with van der Waals surface area (Å²) in [6.45, 7) is 5.63. The van der Waals surface area contributed by atoms with Gasteiger partial charge in [-0.25, -0.2) is 0 Å². The molecule has 0 saturated carbocycles. The predicted molar refractivity (Wildman–Crippen MR) is 90.0 cm³/mol. The number of hydrogen-bond acceptors (Lipinski definition) is 4. The van der Waals surface area contributed by atoms with Gasteiger partial charge in [-0.3, -0.25) is 4.79 Å². The number of carbonyl (C=O) groups is 1. The third kappa shape index (κ3) is 2.70. The van der Waals surface area contributed by atoms with Gasteiger partial charge in [0.2, 0.25) is 0 Å². The fourth-order valence-corrected chi connectivity index (χ4v) is 3.46. The van der Waals surface area contributed by atoms with Gasteiger partial charge in [-0.1, -0.05) is 6.92 Å². The highest BCUT2D eigenvalue weighted by Gasteiger charge is 2.35. The van der Waals surface area contributed by atoms with Crippen molar-refractivity contribution in [3.05, 3.63) is 29.5 Å². The van der Waals surface area contributed by atoms with Gasteiger partial charge in [0, 0.05) is 30.1 Å². The second-order valence-electron chi connectivity index (χ2n) is 6.64. The third-order valence-corrected chi connectivity index (χ3v) is 4.86. The van der Waals surface area contributed by atoms with Crippen LogP contribution < -0.4 is 4.74 Å². The average Bonchev–Trinajstić information content (AvgIpc) is 3.07. The van der Waals surface area contributed by atoms with E-state index in [0.717, 1.165) is 35.4 Å². The van der Waals surface area contributed by atoms with Crippen LogP contribution in [-0.4, -0.2) is 56.0 Å². The van der Waals surface area contributed by atoms with Gasteiger partial charge < -0.3 is 19.0 Å². The molecule has 3 rings (SSSR count). The number of amides is 1. The van der Waals surface area contributed by atoms with Crippen LogP contribution in [0.4, 0.5) is 0 Å². The van der Waals surface area contributed by atoms with E-state index < -0.39 is 0 Å². The number of aryl methyl sites for hydroxylation is 1. The van der Waals surface area contributed by atoms with Crippen LogP contribution in [0.3, 0.4) is 0 Å². The summed E-state index contributed by atoms with van der Waals surface area (Å²) in [7, 11) is 5.76. The van der Waals surface area contributed by atoms with Gasteiger partial charge in [0.25, 0.3) is 5.91 Å². The van der Waals surface area contributed by atoms with Crippen LogP contribution in [-0.2, 0) is 0 Å². The molecule has 0 radical (unpaired) electrons. The zero-order valence-corrected chi connectivity index (χ0v) is 14.4. The average molecular weight is 316 g/mol. The maximum atomic E-state index is 12.9. The number of furan rings is 1. The first-order valence-electron chi connectivity index (χ1n) is 7.95. The lowest BCUT2D eigenvalue weighted by Crippen LogP contribution is -2.35. The number of hydrogen-bond donors (Lipinski definition) is 0. The lowest BCUT2D eigenvalue weighted by Gasteiger charge is -2.22. The van der Waals surface area contributed by atoms with Crippen molar-refractivity contribution in [2.75, 3.05) is 34.3 Å². The Kier molecular flexibility index (Phi) is 4.06. The molecule has 5 nitrogen and oxygen atoms in total. The van der Waals surface area contributed by atoms with Crippen molar-refractivity contribution in [1.82, 2.24) is 9.80 Å². The van der Waals surface area contributed by atoms with Crippen molar-refractivity contribution >= 4 is 16.9 Å². The number of benzene rings is 1. The molecular weight excluding hydrogens is 292 g/mol. The molecule has 1 saturated heterocycles. The summed E-state index contributed by atoms with van der Waals surface area (Å²) in [6, 6.07) is 6.01.